The molecule has 0 saturated carbocycles. The van der Waals surface area contributed by atoms with Crippen molar-refractivity contribution in [2.45, 2.75) is 51.5 Å². The third-order valence-electron chi connectivity index (χ3n) is 4.31. The third kappa shape index (κ3) is 3.45. The van der Waals surface area contributed by atoms with Gasteiger partial charge in [-0.25, -0.2) is 8.42 Å². The smallest absolute Gasteiger partial charge is 0.214 e. The molecule has 0 aromatic heterocycles. The molecule has 0 aromatic carbocycles. The fourth-order valence-electron chi connectivity index (χ4n) is 3.19. The topological polar surface area (TPSA) is 49.4 Å². The zero-order valence-corrected chi connectivity index (χ0v) is 12.2. The zero-order chi connectivity index (χ0) is 13.0. The van der Waals surface area contributed by atoms with E-state index in [9.17, 15) is 8.42 Å². The number of nitrogens with one attached hydrogen (secondary N) is 1. The summed E-state index contributed by atoms with van der Waals surface area (Å²) in [6, 6.07) is 0.255. The minimum absolute atomic E-state index is 0.255. The van der Waals surface area contributed by atoms with E-state index in [1.54, 1.807) is 4.31 Å². The molecule has 0 aliphatic carbocycles. The zero-order valence-electron chi connectivity index (χ0n) is 11.4. The molecule has 106 valence electrons. The normalized spacial score (nSPS) is 28.4. The average molecular weight is 274 g/mol. The van der Waals surface area contributed by atoms with E-state index in [0.29, 0.717) is 11.7 Å². The first kappa shape index (κ1) is 14.3. The first-order chi connectivity index (χ1) is 8.63. The number of sulfonamides is 1. The van der Waals surface area contributed by atoms with Gasteiger partial charge in [0.15, 0.2) is 0 Å². The standard InChI is InChI=1S/C13H26N2O2S/c1-2-13-5-3-4-10-15(13)18(16,17)11-12-6-8-14-9-7-12/h12-14H,2-11H2,1H3. The lowest BCUT2D eigenvalue weighted by atomic mass is 10.0. The molecular weight excluding hydrogens is 248 g/mol. The Morgan fingerprint density at radius 2 is 1.89 bits per heavy atom. The largest absolute Gasteiger partial charge is 0.317 e. The van der Waals surface area contributed by atoms with E-state index < -0.39 is 10.0 Å². The molecule has 2 aliphatic heterocycles. The number of nitrogens with zero attached hydrogens (tertiary/aromatic N) is 1. The Morgan fingerprint density at radius 1 is 1.17 bits per heavy atom. The summed E-state index contributed by atoms with van der Waals surface area (Å²) in [4.78, 5) is 0. The van der Waals surface area contributed by atoms with Crippen LogP contribution in [0.2, 0.25) is 0 Å². The molecule has 2 saturated heterocycles. The van der Waals surface area contributed by atoms with Crippen molar-refractivity contribution in [2.24, 2.45) is 5.92 Å². The quantitative estimate of drug-likeness (QED) is 0.847. The number of hydrogen-bond donors (Lipinski definition) is 1. The molecule has 0 amide bonds. The maximum absolute atomic E-state index is 12.5. The second-order valence-electron chi connectivity index (χ2n) is 5.64. The number of piperidine rings is 2. The van der Waals surface area contributed by atoms with E-state index in [4.69, 9.17) is 0 Å². The Morgan fingerprint density at radius 3 is 2.56 bits per heavy atom. The van der Waals surface area contributed by atoms with E-state index >= 15 is 0 Å². The molecule has 0 aromatic rings. The van der Waals surface area contributed by atoms with Crippen LogP contribution in [0, 0.1) is 5.92 Å². The van der Waals surface area contributed by atoms with E-state index in [1.165, 1.54) is 6.42 Å². The van der Waals surface area contributed by atoms with E-state index in [-0.39, 0.29) is 6.04 Å². The predicted octanol–water partition coefficient (Wildman–Crippen LogP) is 1.58. The first-order valence-electron chi connectivity index (χ1n) is 7.33. The van der Waals surface area contributed by atoms with Crippen molar-refractivity contribution in [3.05, 3.63) is 0 Å². The second-order valence-corrected chi connectivity index (χ2v) is 7.61. The highest BCUT2D eigenvalue weighted by atomic mass is 32.2. The molecule has 1 N–H and O–H groups in total. The molecule has 2 aliphatic rings. The van der Waals surface area contributed by atoms with Crippen molar-refractivity contribution >= 4 is 10.0 Å². The van der Waals surface area contributed by atoms with Gasteiger partial charge in [-0.3, -0.25) is 0 Å². The van der Waals surface area contributed by atoms with Crippen LogP contribution in [0.3, 0.4) is 0 Å². The molecule has 18 heavy (non-hydrogen) atoms. The van der Waals surface area contributed by atoms with Crippen LogP contribution in [0.5, 0.6) is 0 Å². The second kappa shape index (κ2) is 6.35. The van der Waals surface area contributed by atoms with Gasteiger partial charge in [0.1, 0.15) is 0 Å². The third-order valence-corrected chi connectivity index (χ3v) is 6.39. The molecule has 0 bridgehead atoms. The van der Waals surface area contributed by atoms with E-state index in [2.05, 4.69) is 12.2 Å². The number of hydrogen-bond acceptors (Lipinski definition) is 3. The average Bonchev–Trinajstić information content (AvgIpc) is 2.39. The monoisotopic (exact) mass is 274 g/mol. The van der Waals surface area contributed by atoms with Gasteiger partial charge in [0.2, 0.25) is 10.0 Å². The van der Waals surface area contributed by atoms with Crippen LogP contribution in [0.4, 0.5) is 0 Å². The molecule has 0 spiro atoms. The summed E-state index contributed by atoms with van der Waals surface area (Å²) in [7, 11) is -3.04. The molecular formula is C13H26N2O2S. The summed E-state index contributed by atoms with van der Waals surface area (Å²) in [5.74, 6) is 0.723. The van der Waals surface area contributed by atoms with E-state index in [0.717, 1.165) is 51.7 Å². The van der Waals surface area contributed by atoms with Gasteiger partial charge in [0.05, 0.1) is 5.75 Å². The van der Waals surface area contributed by atoms with Gasteiger partial charge in [-0.1, -0.05) is 13.3 Å². The van der Waals surface area contributed by atoms with Gasteiger partial charge in [-0.2, -0.15) is 4.31 Å². The molecule has 5 heteroatoms. The van der Waals surface area contributed by atoms with Crippen LogP contribution in [0.1, 0.15) is 45.4 Å². The molecule has 2 rings (SSSR count). The first-order valence-corrected chi connectivity index (χ1v) is 8.94. The van der Waals surface area contributed by atoms with Crippen molar-refractivity contribution in [3.8, 4) is 0 Å². The van der Waals surface area contributed by atoms with Crippen molar-refractivity contribution in [3.63, 3.8) is 0 Å². The Labute approximate surface area is 111 Å². The summed E-state index contributed by atoms with van der Waals surface area (Å²) >= 11 is 0. The Kier molecular flexibility index (Phi) is 5.04. The predicted molar refractivity (Wildman–Crippen MR) is 74.0 cm³/mol. The van der Waals surface area contributed by atoms with Crippen LogP contribution in [-0.4, -0.2) is 44.2 Å². The molecule has 4 nitrogen and oxygen atoms in total. The summed E-state index contributed by atoms with van der Waals surface area (Å²) in [6.45, 7) is 4.78. The lowest BCUT2D eigenvalue weighted by Crippen LogP contribution is -2.46. The van der Waals surface area contributed by atoms with Crippen LogP contribution in [0.15, 0.2) is 0 Å². The summed E-state index contributed by atoms with van der Waals surface area (Å²) in [5, 5.41) is 3.29. The van der Waals surface area contributed by atoms with Crippen molar-refractivity contribution in [1.29, 1.82) is 0 Å². The van der Waals surface area contributed by atoms with Crippen molar-refractivity contribution in [2.75, 3.05) is 25.4 Å². The molecule has 2 fully saturated rings. The Bertz CT molecular complexity index is 350. The molecule has 0 radical (unpaired) electrons. The van der Waals surface area contributed by atoms with Gasteiger partial charge < -0.3 is 5.32 Å². The van der Waals surface area contributed by atoms with Crippen LogP contribution in [0.25, 0.3) is 0 Å². The Hall–Kier alpha value is -0.130. The Balaban J connectivity index is 1.99. The van der Waals surface area contributed by atoms with Crippen molar-refractivity contribution < 1.29 is 8.42 Å². The van der Waals surface area contributed by atoms with Crippen LogP contribution >= 0.6 is 0 Å². The fraction of sp³-hybridized carbons (Fsp3) is 1.00. The fourth-order valence-corrected chi connectivity index (χ4v) is 5.43. The lowest BCUT2D eigenvalue weighted by molar-refractivity contribution is 0.244. The minimum Gasteiger partial charge on any atom is -0.317 e. The molecule has 1 atom stereocenters. The maximum Gasteiger partial charge on any atom is 0.214 e. The summed E-state index contributed by atoms with van der Waals surface area (Å²) in [6.07, 6.45) is 6.21. The lowest BCUT2D eigenvalue weighted by Gasteiger charge is -2.35. The maximum atomic E-state index is 12.5. The highest BCUT2D eigenvalue weighted by Crippen LogP contribution is 2.25. The van der Waals surface area contributed by atoms with Gasteiger partial charge >= 0.3 is 0 Å². The SMILES string of the molecule is CCC1CCCCN1S(=O)(=O)CC1CCNCC1. The molecule has 2 heterocycles. The molecule has 1 unspecified atom stereocenters. The number of rotatable bonds is 4. The van der Waals surface area contributed by atoms with Gasteiger partial charge in [-0.15, -0.1) is 0 Å². The van der Waals surface area contributed by atoms with Crippen molar-refractivity contribution in [1.82, 2.24) is 9.62 Å². The van der Waals surface area contributed by atoms with Crippen LogP contribution in [-0.2, 0) is 10.0 Å². The van der Waals surface area contributed by atoms with E-state index in [1.807, 2.05) is 0 Å². The summed E-state index contributed by atoms with van der Waals surface area (Å²) < 4.78 is 26.9. The van der Waals surface area contributed by atoms with Crippen LogP contribution < -0.4 is 5.32 Å². The van der Waals surface area contributed by atoms with Gasteiger partial charge in [0.25, 0.3) is 0 Å². The van der Waals surface area contributed by atoms with Gasteiger partial charge in [0, 0.05) is 12.6 Å². The highest BCUT2D eigenvalue weighted by Gasteiger charge is 2.33. The summed E-state index contributed by atoms with van der Waals surface area (Å²) in [5.41, 5.74) is 0. The highest BCUT2D eigenvalue weighted by molar-refractivity contribution is 7.89. The minimum atomic E-state index is -3.04. The van der Waals surface area contributed by atoms with Gasteiger partial charge in [-0.05, 0) is 51.1 Å².